The molecule has 0 radical (unpaired) electrons. The summed E-state index contributed by atoms with van der Waals surface area (Å²) in [6.07, 6.45) is 1.61. The van der Waals surface area contributed by atoms with Crippen LogP contribution in [-0.4, -0.2) is 11.5 Å². The molecule has 0 aliphatic heterocycles. The number of nitrogens with two attached hydrogens (primary N) is 1. The van der Waals surface area contributed by atoms with E-state index in [2.05, 4.69) is 4.98 Å². The minimum atomic E-state index is -0.458. The third-order valence-corrected chi connectivity index (χ3v) is 3.27. The fourth-order valence-corrected chi connectivity index (χ4v) is 2.36. The predicted octanol–water partition coefficient (Wildman–Crippen LogP) is 2.98. The lowest BCUT2D eigenvalue weighted by Crippen LogP contribution is -2.00. The van der Waals surface area contributed by atoms with Crippen molar-refractivity contribution in [2.24, 2.45) is 5.73 Å². The van der Waals surface area contributed by atoms with E-state index >= 15 is 0 Å². The van der Waals surface area contributed by atoms with Gasteiger partial charge in [-0.05, 0) is 37.6 Å². The van der Waals surface area contributed by atoms with Crippen LogP contribution in [0.15, 0.2) is 23.6 Å². The van der Waals surface area contributed by atoms with Crippen LogP contribution in [0.5, 0.6) is 0 Å². The molecule has 0 amide bonds. The molecule has 1 heterocycles. The third-order valence-electron chi connectivity index (χ3n) is 2.35. The number of thiazole rings is 1. The third kappa shape index (κ3) is 2.87. The second kappa shape index (κ2) is 5.33. The Balaban J connectivity index is 2.27. The average molecular weight is 254 g/mol. The van der Waals surface area contributed by atoms with Gasteiger partial charge in [-0.3, -0.25) is 0 Å². The topological polar surface area (TPSA) is 38.9 Å². The van der Waals surface area contributed by atoms with Crippen molar-refractivity contribution in [2.45, 2.75) is 12.8 Å². The molecule has 0 unspecified atom stereocenters. The standard InChI is InChI=1S/C12H12F2N2S/c13-8-3-4-11(14)10(6-8)12-16-9(7-17-12)2-1-5-15/h3-4,6-7H,1-2,5,15H2. The van der Waals surface area contributed by atoms with Gasteiger partial charge in [0.05, 0.1) is 5.69 Å². The number of rotatable bonds is 4. The molecule has 1 aromatic heterocycles. The van der Waals surface area contributed by atoms with E-state index in [4.69, 9.17) is 5.73 Å². The first-order valence-electron chi connectivity index (χ1n) is 5.30. The van der Waals surface area contributed by atoms with Crippen LogP contribution in [0.3, 0.4) is 0 Å². The second-order valence-corrected chi connectivity index (χ2v) is 4.52. The van der Waals surface area contributed by atoms with Gasteiger partial charge in [0, 0.05) is 10.9 Å². The summed E-state index contributed by atoms with van der Waals surface area (Å²) < 4.78 is 26.5. The molecule has 0 spiro atoms. The van der Waals surface area contributed by atoms with Gasteiger partial charge in [-0.1, -0.05) is 0 Å². The van der Waals surface area contributed by atoms with Gasteiger partial charge in [0.25, 0.3) is 0 Å². The maximum absolute atomic E-state index is 13.5. The molecular formula is C12H12F2N2S. The zero-order valence-electron chi connectivity index (χ0n) is 9.12. The minimum Gasteiger partial charge on any atom is -0.330 e. The van der Waals surface area contributed by atoms with Crippen molar-refractivity contribution in [3.63, 3.8) is 0 Å². The van der Waals surface area contributed by atoms with E-state index in [9.17, 15) is 8.78 Å². The van der Waals surface area contributed by atoms with Crippen LogP contribution in [0.25, 0.3) is 10.6 Å². The van der Waals surface area contributed by atoms with Crippen molar-refractivity contribution in [1.29, 1.82) is 0 Å². The lowest BCUT2D eigenvalue weighted by Gasteiger charge is -1.98. The number of halogens is 2. The Morgan fingerprint density at radius 2 is 2.12 bits per heavy atom. The zero-order valence-corrected chi connectivity index (χ0v) is 9.94. The fraction of sp³-hybridized carbons (Fsp3) is 0.250. The van der Waals surface area contributed by atoms with Crippen molar-refractivity contribution in [2.75, 3.05) is 6.54 Å². The molecule has 0 aliphatic carbocycles. The van der Waals surface area contributed by atoms with E-state index in [1.807, 2.05) is 5.38 Å². The Hall–Kier alpha value is -1.33. The smallest absolute Gasteiger partial charge is 0.133 e. The highest BCUT2D eigenvalue weighted by atomic mass is 32.1. The minimum absolute atomic E-state index is 0.217. The van der Waals surface area contributed by atoms with Gasteiger partial charge < -0.3 is 5.73 Å². The number of aromatic nitrogens is 1. The summed E-state index contributed by atoms with van der Waals surface area (Å²) in [4.78, 5) is 4.28. The largest absolute Gasteiger partial charge is 0.330 e. The summed E-state index contributed by atoms with van der Waals surface area (Å²) in [5, 5.41) is 2.36. The molecule has 0 fully saturated rings. The van der Waals surface area contributed by atoms with Gasteiger partial charge in [-0.2, -0.15) is 0 Å². The Bertz CT molecular complexity index is 511. The van der Waals surface area contributed by atoms with Crippen LogP contribution < -0.4 is 5.73 Å². The molecule has 1 aromatic carbocycles. The van der Waals surface area contributed by atoms with Crippen LogP contribution in [0.2, 0.25) is 0 Å². The van der Waals surface area contributed by atoms with Crippen molar-refractivity contribution >= 4 is 11.3 Å². The Morgan fingerprint density at radius 1 is 1.29 bits per heavy atom. The quantitative estimate of drug-likeness (QED) is 0.911. The van der Waals surface area contributed by atoms with E-state index in [1.54, 1.807) is 0 Å². The van der Waals surface area contributed by atoms with Gasteiger partial charge in [-0.15, -0.1) is 11.3 Å². The maximum atomic E-state index is 13.5. The highest BCUT2D eigenvalue weighted by molar-refractivity contribution is 7.13. The SMILES string of the molecule is NCCCc1csc(-c2cc(F)ccc2F)n1. The maximum Gasteiger partial charge on any atom is 0.133 e. The van der Waals surface area contributed by atoms with E-state index in [1.165, 1.54) is 17.4 Å². The van der Waals surface area contributed by atoms with E-state index in [0.29, 0.717) is 11.6 Å². The van der Waals surface area contributed by atoms with Gasteiger partial charge in [0.1, 0.15) is 16.6 Å². The molecule has 2 rings (SSSR count). The molecule has 17 heavy (non-hydrogen) atoms. The lowest BCUT2D eigenvalue weighted by atomic mass is 10.2. The zero-order chi connectivity index (χ0) is 12.3. The van der Waals surface area contributed by atoms with Gasteiger partial charge in [-0.25, -0.2) is 13.8 Å². The number of hydrogen-bond donors (Lipinski definition) is 1. The van der Waals surface area contributed by atoms with E-state index in [-0.39, 0.29) is 5.56 Å². The molecule has 0 saturated heterocycles. The summed E-state index contributed by atoms with van der Waals surface area (Å²) >= 11 is 1.32. The van der Waals surface area contributed by atoms with Gasteiger partial charge in [0.2, 0.25) is 0 Å². The highest BCUT2D eigenvalue weighted by Crippen LogP contribution is 2.27. The normalized spacial score (nSPS) is 10.8. The van der Waals surface area contributed by atoms with Crippen LogP contribution in [0.4, 0.5) is 8.78 Å². The van der Waals surface area contributed by atoms with E-state index < -0.39 is 11.6 Å². The molecule has 0 atom stereocenters. The van der Waals surface area contributed by atoms with Crippen LogP contribution >= 0.6 is 11.3 Å². The average Bonchev–Trinajstić information content (AvgIpc) is 2.78. The molecule has 2 nitrogen and oxygen atoms in total. The first kappa shape index (κ1) is 12.1. The van der Waals surface area contributed by atoms with Crippen LogP contribution in [-0.2, 0) is 6.42 Å². The fourth-order valence-electron chi connectivity index (χ4n) is 1.49. The number of benzene rings is 1. The van der Waals surface area contributed by atoms with Crippen molar-refractivity contribution in [3.8, 4) is 10.6 Å². The summed E-state index contributed by atoms with van der Waals surface area (Å²) in [7, 11) is 0. The Kier molecular flexibility index (Phi) is 3.81. The molecule has 90 valence electrons. The summed E-state index contributed by atoms with van der Waals surface area (Å²) in [6.45, 7) is 0.598. The lowest BCUT2D eigenvalue weighted by molar-refractivity contribution is 0.603. The number of hydrogen-bond acceptors (Lipinski definition) is 3. The monoisotopic (exact) mass is 254 g/mol. The van der Waals surface area contributed by atoms with Crippen LogP contribution in [0, 0.1) is 11.6 Å². The van der Waals surface area contributed by atoms with Crippen molar-refractivity contribution in [1.82, 2.24) is 4.98 Å². The highest BCUT2D eigenvalue weighted by Gasteiger charge is 2.10. The molecule has 2 N–H and O–H groups in total. The summed E-state index contributed by atoms with van der Waals surface area (Å²) in [6, 6.07) is 3.38. The first-order chi connectivity index (χ1) is 8.20. The molecule has 5 heteroatoms. The Labute approximate surface area is 102 Å². The second-order valence-electron chi connectivity index (χ2n) is 3.66. The number of nitrogens with zero attached hydrogens (tertiary/aromatic N) is 1. The van der Waals surface area contributed by atoms with Crippen LogP contribution in [0.1, 0.15) is 12.1 Å². The first-order valence-corrected chi connectivity index (χ1v) is 6.18. The molecule has 0 bridgehead atoms. The van der Waals surface area contributed by atoms with Crippen molar-refractivity contribution in [3.05, 3.63) is 40.9 Å². The molecule has 0 saturated carbocycles. The molecular weight excluding hydrogens is 242 g/mol. The van der Waals surface area contributed by atoms with Crippen molar-refractivity contribution < 1.29 is 8.78 Å². The predicted molar refractivity (Wildman–Crippen MR) is 64.8 cm³/mol. The Morgan fingerprint density at radius 3 is 2.88 bits per heavy atom. The molecule has 0 aliphatic rings. The molecule has 2 aromatic rings. The summed E-state index contributed by atoms with van der Waals surface area (Å²) in [5.74, 6) is -0.911. The van der Waals surface area contributed by atoms with E-state index in [0.717, 1.165) is 30.7 Å². The van der Waals surface area contributed by atoms with Gasteiger partial charge >= 0.3 is 0 Å². The summed E-state index contributed by atoms with van der Waals surface area (Å²) in [5.41, 5.74) is 6.50. The van der Waals surface area contributed by atoms with Gasteiger partial charge in [0.15, 0.2) is 0 Å². The number of aryl methyl sites for hydroxylation is 1.